The minimum absolute atomic E-state index is 0.215. The molecule has 0 aliphatic rings. The van der Waals surface area contributed by atoms with Crippen molar-refractivity contribution in [1.82, 2.24) is 4.90 Å². The molecule has 88 valence electrons. The molecule has 0 radical (unpaired) electrons. The monoisotopic (exact) mass is 220 g/mol. The van der Waals surface area contributed by atoms with Crippen molar-refractivity contribution in [2.45, 2.75) is 33.2 Å². The third kappa shape index (κ3) is 3.57. The molecule has 0 atom stereocenters. The Balaban J connectivity index is 2.66. The van der Waals surface area contributed by atoms with E-state index in [0.717, 1.165) is 24.2 Å². The first-order valence-electron chi connectivity index (χ1n) is 5.79. The van der Waals surface area contributed by atoms with Crippen molar-refractivity contribution in [3.63, 3.8) is 0 Å². The molecule has 0 aromatic heterocycles. The number of anilines is 1. The summed E-state index contributed by atoms with van der Waals surface area (Å²) >= 11 is 0. The van der Waals surface area contributed by atoms with Crippen molar-refractivity contribution in [3.05, 3.63) is 29.8 Å². The van der Waals surface area contributed by atoms with Crippen LogP contribution in [0.3, 0.4) is 0 Å². The van der Waals surface area contributed by atoms with Crippen molar-refractivity contribution >= 4 is 11.6 Å². The molecule has 0 saturated heterocycles. The summed E-state index contributed by atoms with van der Waals surface area (Å²) in [5.41, 5.74) is 7.54. The predicted molar refractivity (Wildman–Crippen MR) is 66.9 cm³/mol. The number of carbonyl (C=O) groups is 1. The van der Waals surface area contributed by atoms with Gasteiger partial charge in [0.15, 0.2) is 0 Å². The fourth-order valence-electron chi connectivity index (χ4n) is 1.66. The van der Waals surface area contributed by atoms with Gasteiger partial charge in [-0.25, -0.2) is 0 Å². The summed E-state index contributed by atoms with van der Waals surface area (Å²) in [5, 5.41) is 0. The lowest BCUT2D eigenvalue weighted by Gasteiger charge is -2.20. The predicted octanol–water partition coefficient (Wildman–Crippen LogP) is 2.42. The maximum absolute atomic E-state index is 11.8. The second kappa shape index (κ2) is 6.16. The van der Waals surface area contributed by atoms with Gasteiger partial charge in [-0.15, -0.1) is 0 Å². The van der Waals surface area contributed by atoms with Crippen molar-refractivity contribution < 1.29 is 4.79 Å². The molecular weight excluding hydrogens is 200 g/mol. The molecule has 0 bridgehead atoms. The molecule has 0 unspecified atom stereocenters. The van der Waals surface area contributed by atoms with Crippen LogP contribution in [0.1, 0.15) is 32.3 Å². The van der Waals surface area contributed by atoms with E-state index in [1.54, 1.807) is 0 Å². The smallest absolute Gasteiger partial charge is 0.222 e. The zero-order valence-corrected chi connectivity index (χ0v) is 10.1. The lowest BCUT2D eigenvalue weighted by molar-refractivity contribution is -0.131. The minimum atomic E-state index is 0.215. The van der Waals surface area contributed by atoms with Gasteiger partial charge in [-0.3, -0.25) is 4.79 Å². The molecule has 2 N–H and O–H groups in total. The van der Waals surface area contributed by atoms with E-state index in [4.69, 9.17) is 5.73 Å². The van der Waals surface area contributed by atoms with Crippen LogP contribution in [0, 0.1) is 0 Å². The zero-order valence-electron chi connectivity index (χ0n) is 10.1. The Hall–Kier alpha value is -1.51. The molecule has 3 heteroatoms. The van der Waals surface area contributed by atoms with E-state index in [1.807, 2.05) is 43.0 Å². The largest absolute Gasteiger partial charge is 0.399 e. The molecule has 16 heavy (non-hydrogen) atoms. The molecule has 0 heterocycles. The van der Waals surface area contributed by atoms with Crippen molar-refractivity contribution in [2.24, 2.45) is 0 Å². The summed E-state index contributed by atoms with van der Waals surface area (Å²) in [4.78, 5) is 13.6. The molecule has 1 aromatic carbocycles. The lowest BCUT2D eigenvalue weighted by atomic mass is 10.2. The van der Waals surface area contributed by atoms with E-state index >= 15 is 0 Å². The third-order valence-electron chi connectivity index (χ3n) is 2.52. The van der Waals surface area contributed by atoms with Gasteiger partial charge in [0.2, 0.25) is 5.91 Å². The van der Waals surface area contributed by atoms with Gasteiger partial charge in [0.1, 0.15) is 0 Å². The van der Waals surface area contributed by atoms with Crippen LogP contribution in [-0.4, -0.2) is 17.4 Å². The Morgan fingerprint density at radius 2 is 2.12 bits per heavy atom. The van der Waals surface area contributed by atoms with E-state index < -0.39 is 0 Å². The van der Waals surface area contributed by atoms with Gasteiger partial charge in [-0.1, -0.05) is 19.1 Å². The molecule has 0 aliphatic heterocycles. The number of nitrogen functional groups attached to an aromatic ring is 1. The molecule has 1 amide bonds. The van der Waals surface area contributed by atoms with Crippen LogP contribution in [0.15, 0.2) is 24.3 Å². The first kappa shape index (κ1) is 12.6. The first-order chi connectivity index (χ1) is 7.67. The van der Waals surface area contributed by atoms with Gasteiger partial charge in [0.05, 0.1) is 0 Å². The Morgan fingerprint density at radius 1 is 1.38 bits per heavy atom. The number of amides is 1. The second-order valence-electron chi connectivity index (χ2n) is 3.90. The maximum Gasteiger partial charge on any atom is 0.222 e. The molecule has 0 fully saturated rings. The lowest BCUT2D eigenvalue weighted by Crippen LogP contribution is -2.29. The molecule has 1 aromatic rings. The highest BCUT2D eigenvalue weighted by molar-refractivity contribution is 5.76. The topological polar surface area (TPSA) is 46.3 Å². The third-order valence-corrected chi connectivity index (χ3v) is 2.52. The summed E-state index contributed by atoms with van der Waals surface area (Å²) in [6.45, 7) is 5.42. The van der Waals surface area contributed by atoms with Crippen LogP contribution in [0.4, 0.5) is 5.69 Å². The van der Waals surface area contributed by atoms with Gasteiger partial charge in [-0.2, -0.15) is 0 Å². The van der Waals surface area contributed by atoms with Gasteiger partial charge in [0, 0.05) is 25.2 Å². The number of carbonyl (C=O) groups excluding carboxylic acids is 1. The second-order valence-corrected chi connectivity index (χ2v) is 3.90. The normalized spacial score (nSPS) is 10.1. The van der Waals surface area contributed by atoms with E-state index in [9.17, 15) is 4.79 Å². The Morgan fingerprint density at radius 3 is 2.69 bits per heavy atom. The minimum Gasteiger partial charge on any atom is -0.399 e. The average Bonchev–Trinajstić information content (AvgIpc) is 2.26. The first-order valence-corrected chi connectivity index (χ1v) is 5.79. The molecule has 0 saturated carbocycles. The van der Waals surface area contributed by atoms with E-state index in [2.05, 4.69) is 0 Å². The maximum atomic E-state index is 11.8. The molecular formula is C13H20N2O. The number of hydrogen-bond donors (Lipinski definition) is 1. The Kier molecular flexibility index (Phi) is 4.83. The standard InChI is InChI=1S/C13H20N2O/c1-3-6-13(16)15(4-2)10-11-7-5-8-12(14)9-11/h5,7-9H,3-4,6,10,14H2,1-2H3. The quantitative estimate of drug-likeness (QED) is 0.775. The van der Waals surface area contributed by atoms with Crippen molar-refractivity contribution in [3.8, 4) is 0 Å². The number of hydrogen-bond acceptors (Lipinski definition) is 2. The van der Waals surface area contributed by atoms with Crippen LogP contribution in [0.5, 0.6) is 0 Å². The fraction of sp³-hybridized carbons (Fsp3) is 0.462. The summed E-state index contributed by atoms with van der Waals surface area (Å²) in [5.74, 6) is 0.215. The van der Waals surface area contributed by atoms with Crippen molar-refractivity contribution in [1.29, 1.82) is 0 Å². The van der Waals surface area contributed by atoms with Crippen LogP contribution in [0.2, 0.25) is 0 Å². The highest BCUT2D eigenvalue weighted by atomic mass is 16.2. The summed E-state index contributed by atoms with van der Waals surface area (Å²) in [6, 6.07) is 7.69. The summed E-state index contributed by atoms with van der Waals surface area (Å²) < 4.78 is 0. The van der Waals surface area contributed by atoms with Crippen LogP contribution in [-0.2, 0) is 11.3 Å². The fourth-order valence-corrected chi connectivity index (χ4v) is 1.66. The Bertz CT molecular complexity index is 350. The molecule has 0 aliphatic carbocycles. The average molecular weight is 220 g/mol. The van der Waals surface area contributed by atoms with Crippen LogP contribution >= 0.6 is 0 Å². The molecule has 0 spiro atoms. The summed E-state index contributed by atoms with van der Waals surface area (Å²) in [7, 11) is 0. The van der Waals surface area contributed by atoms with Gasteiger partial charge < -0.3 is 10.6 Å². The molecule has 3 nitrogen and oxygen atoms in total. The number of nitrogens with zero attached hydrogens (tertiary/aromatic N) is 1. The Labute approximate surface area is 97.2 Å². The van der Waals surface area contributed by atoms with Crippen LogP contribution < -0.4 is 5.73 Å². The van der Waals surface area contributed by atoms with E-state index in [1.165, 1.54) is 0 Å². The highest BCUT2D eigenvalue weighted by Gasteiger charge is 2.10. The SMILES string of the molecule is CCCC(=O)N(CC)Cc1cccc(N)c1. The molecule has 1 rings (SSSR count). The highest BCUT2D eigenvalue weighted by Crippen LogP contribution is 2.10. The number of nitrogens with two attached hydrogens (primary N) is 1. The van der Waals surface area contributed by atoms with E-state index in [0.29, 0.717) is 13.0 Å². The van der Waals surface area contributed by atoms with Gasteiger partial charge in [0.25, 0.3) is 0 Å². The van der Waals surface area contributed by atoms with E-state index in [-0.39, 0.29) is 5.91 Å². The van der Waals surface area contributed by atoms with Gasteiger partial charge >= 0.3 is 0 Å². The summed E-state index contributed by atoms with van der Waals surface area (Å²) in [6.07, 6.45) is 1.52. The van der Waals surface area contributed by atoms with Crippen molar-refractivity contribution in [2.75, 3.05) is 12.3 Å². The zero-order chi connectivity index (χ0) is 12.0. The van der Waals surface area contributed by atoms with Gasteiger partial charge in [-0.05, 0) is 31.0 Å². The number of benzene rings is 1. The van der Waals surface area contributed by atoms with Crippen LogP contribution in [0.25, 0.3) is 0 Å². The number of rotatable bonds is 5.